The minimum atomic E-state index is -0.338. The first kappa shape index (κ1) is 14.7. The molecule has 0 aliphatic heterocycles. The first-order valence-corrected chi connectivity index (χ1v) is 6.81. The molecule has 2 rings (SSSR count). The number of hydrogen-bond acceptors (Lipinski definition) is 1. The van der Waals surface area contributed by atoms with Gasteiger partial charge in [0.25, 0.3) is 0 Å². The van der Waals surface area contributed by atoms with E-state index in [-0.39, 0.29) is 6.03 Å². The van der Waals surface area contributed by atoms with Gasteiger partial charge in [-0.2, -0.15) is 0 Å². The summed E-state index contributed by atoms with van der Waals surface area (Å²) in [5.74, 6) is 0. The molecule has 0 aliphatic rings. The van der Waals surface area contributed by atoms with Crippen molar-refractivity contribution in [2.45, 2.75) is 13.8 Å². The van der Waals surface area contributed by atoms with Crippen molar-refractivity contribution in [3.8, 4) is 0 Å². The highest BCUT2D eigenvalue weighted by atomic mass is 35.5. The van der Waals surface area contributed by atoms with Crippen molar-refractivity contribution < 1.29 is 4.79 Å². The van der Waals surface area contributed by atoms with Crippen LogP contribution < -0.4 is 10.6 Å². The van der Waals surface area contributed by atoms with Gasteiger partial charge >= 0.3 is 6.03 Å². The van der Waals surface area contributed by atoms with Crippen molar-refractivity contribution in [2.75, 3.05) is 10.6 Å². The zero-order valence-electron chi connectivity index (χ0n) is 11.1. The molecule has 0 fully saturated rings. The van der Waals surface area contributed by atoms with Crippen LogP contribution in [-0.2, 0) is 0 Å². The molecule has 0 unspecified atom stereocenters. The average Bonchev–Trinajstić information content (AvgIpc) is 2.31. The molecular formula is C15H14Cl2N2O. The van der Waals surface area contributed by atoms with Crippen LogP contribution in [0, 0.1) is 13.8 Å². The van der Waals surface area contributed by atoms with E-state index in [0.717, 1.165) is 16.8 Å². The summed E-state index contributed by atoms with van der Waals surface area (Å²) >= 11 is 11.8. The van der Waals surface area contributed by atoms with Gasteiger partial charge in [-0.05, 0) is 43.7 Å². The highest BCUT2D eigenvalue weighted by molar-refractivity contribution is 6.35. The molecule has 0 saturated carbocycles. The third-order valence-electron chi connectivity index (χ3n) is 2.75. The van der Waals surface area contributed by atoms with Gasteiger partial charge in [0.15, 0.2) is 0 Å². The number of carbonyl (C=O) groups is 1. The van der Waals surface area contributed by atoms with Crippen LogP contribution in [0.5, 0.6) is 0 Å². The Morgan fingerprint density at radius 1 is 0.950 bits per heavy atom. The van der Waals surface area contributed by atoms with Gasteiger partial charge in [0, 0.05) is 21.4 Å². The van der Waals surface area contributed by atoms with Gasteiger partial charge in [-0.3, -0.25) is 0 Å². The molecule has 0 aliphatic carbocycles. The average molecular weight is 309 g/mol. The molecule has 20 heavy (non-hydrogen) atoms. The molecular weight excluding hydrogens is 295 g/mol. The third-order valence-corrected chi connectivity index (χ3v) is 3.19. The van der Waals surface area contributed by atoms with Crippen LogP contribution in [0.1, 0.15) is 11.1 Å². The Kier molecular flexibility index (Phi) is 4.53. The van der Waals surface area contributed by atoms with E-state index < -0.39 is 0 Å². The molecule has 0 heterocycles. The topological polar surface area (TPSA) is 41.1 Å². The lowest BCUT2D eigenvalue weighted by Gasteiger charge is -2.11. The summed E-state index contributed by atoms with van der Waals surface area (Å²) in [4.78, 5) is 11.9. The molecule has 104 valence electrons. The number of nitrogens with one attached hydrogen (secondary N) is 2. The van der Waals surface area contributed by atoms with Crippen molar-refractivity contribution >= 4 is 40.6 Å². The number of urea groups is 1. The lowest BCUT2D eigenvalue weighted by molar-refractivity contribution is 0.262. The molecule has 2 amide bonds. The second kappa shape index (κ2) is 6.16. The quantitative estimate of drug-likeness (QED) is 0.781. The number of carbonyl (C=O) groups excluding carboxylic acids is 1. The van der Waals surface area contributed by atoms with Gasteiger partial charge in [0.05, 0.1) is 0 Å². The molecule has 5 heteroatoms. The number of halogens is 2. The van der Waals surface area contributed by atoms with E-state index in [0.29, 0.717) is 15.7 Å². The summed E-state index contributed by atoms with van der Waals surface area (Å²) in [6.45, 7) is 3.95. The summed E-state index contributed by atoms with van der Waals surface area (Å²) in [7, 11) is 0. The minimum absolute atomic E-state index is 0.338. The summed E-state index contributed by atoms with van der Waals surface area (Å²) in [6.07, 6.45) is 0. The Bertz CT molecular complexity index is 636. The van der Waals surface area contributed by atoms with Crippen molar-refractivity contribution in [1.29, 1.82) is 0 Å². The van der Waals surface area contributed by atoms with E-state index >= 15 is 0 Å². The third kappa shape index (κ3) is 3.89. The van der Waals surface area contributed by atoms with Gasteiger partial charge < -0.3 is 10.6 Å². The monoisotopic (exact) mass is 308 g/mol. The number of anilines is 2. The molecule has 0 saturated heterocycles. The van der Waals surface area contributed by atoms with Gasteiger partial charge in [-0.25, -0.2) is 4.79 Å². The maximum Gasteiger partial charge on any atom is 0.323 e. The van der Waals surface area contributed by atoms with Crippen molar-refractivity contribution in [2.24, 2.45) is 0 Å². The van der Waals surface area contributed by atoms with Crippen molar-refractivity contribution in [1.82, 2.24) is 0 Å². The summed E-state index contributed by atoms with van der Waals surface area (Å²) in [6, 6.07) is 10.4. The second-order valence-electron chi connectivity index (χ2n) is 4.56. The minimum Gasteiger partial charge on any atom is -0.308 e. The number of benzene rings is 2. The zero-order chi connectivity index (χ0) is 14.7. The Hall–Kier alpha value is -1.71. The maximum absolute atomic E-state index is 11.9. The van der Waals surface area contributed by atoms with E-state index in [9.17, 15) is 4.79 Å². The molecule has 0 radical (unpaired) electrons. The van der Waals surface area contributed by atoms with Gasteiger partial charge in [-0.1, -0.05) is 40.9 Å². The zero-order valence-corrected chi connectivity index (χ0v) is 12.6. The van der Waals surface area contributed by atoms with Crippen LogP contribution in [0.3, 0.4) is 0 Å². The van der Waals surface area contributed by atoms with Gasteiger partial charge in [-0.15, -0.1) is 0 Å². The van der Waals surface area contributed by atoms with E-state index in [1.54, 1.807) is 18.2 Å². The molecule has 0 bridgehead atoms. The summed E-state index contributed by atoms with van der Waals surface area (Å²) in [5, 5.41) is 6.43. The second-order valence-corrected chi connectivity index (χ2v) is 5.43. The van der Waals surface area contributed by atoms with E-state index in [4.69, 9.17) is 23.2 Å². The highest BCUT2D eigenvalue weighted by Gasteiger charge is 2.06. The van der Waals surface area contributed by atoms with E-state index in [1.807, 2.05) is 32.0 Å². The Labute approximate surface area is 127 Å². The Balaban J connectivity index is 2.09. The molecule has 2 aromatic rings. The standard InChI is InChI=1S/C15H14Cl2N2O/c1-9-3-4-14(10(2)5-9)19-15(20)18-13-7-11(16)6-12(17)8-13/h3-8H,1-2H3,(H2,18,19,20). The fraction of sp³-hybridized carbons (Fsp3) is 0.133. The van der Waals surface area contributed by atoms with E-state index in [1.165, 1.54) is 0 Å². The lowest BCUT2D eigenvalue weighted by atomic mass is 10.1. The van der Waals surface area contributed by atoms with Gasteiger partial charge in [0.1, 0.15) is 0 Å². The number of aryl methyl sites for hydroxylation is 2. The first-order valence-electron chi connectivity index (χ1n) is 6.05. The Morgan fingerprint density at radius 2 is 1.60 bits per heavy atom. The summed E-state index contributed by atoms with van der Waals surface area (Å²) in [5.41, 5.74) is 3.46. The van der Waals surface area contributed by atoms with Crippen LogP contribution in [0.2, 0.25) is 10.0 Å². The van der Waals surface area contributed by atoms with Gasteiger partial charge in [0.2, 0.25) is 0 Å². The molecule has 0 spiro atoms. The number of amides is 2. The molecule has 0 atom stereocenters. The SMILES string of the molecule is Cc1ccc(NC(=O)Nc2cc(Cl)cc(Cl)c2)c(C)c1. The molecule has 2 aromatic carbocycles. The smallest absolute Gasteiger partial charge is 0.308 e. The normalized spacial score (nSPS) is 10.2. The van der Waals surface area contributed by atoms with Crippen LogP contribution in [0.15, 0.2) is 36.4 Å². The Morgan fingerprint density at radius 3 is 2.20 bits per heavy atom. The predicted octanol–water partition coefficient (Wildman–Crippen LogP) is 5.25. The van der Waals surface area contributed by atoms with Crippen LogP contribution in [-0.4, -0.2) is 6.03 Å². The lowest BCUT2D eigenvalue weighted by Crippen LogP contribution is -2.20. The first-order chi connectivity index (χ1) is 9.44. The fourth-order valence-electron chi connectivity index (χ4n) is 1.86. The highest BCUT2D eigenvalue weighted by Crippen LogP contribution is 2.23. The van der Waals surface area contributed by atoms with Crippen LogP contribution in [0.4, 0.5) is 16.2 Å². The van der Waals surface area contributed by atoms with Crippen LogP contribution in [0.25, 0.3) is 0 Å². The predicted molar refractivity (Wildman–Crippen MR) is 85.0 cm³/mol. The maximum atomic E-state index is 11.9. The van der Waals surface area contributed by atoms with Crippen molar-refractivity contribution in [3.05, 3.63) is 57.6 Å². The molecule has 3 nitrogen and oxygen atoms in total. The largest absolute Gasteiger partial charge is 0.323 e. The van der Waals surface area contributed by atoms with E-state index in [2.05, 4.69) is 10.6 Å². The molecule has 2 N–H and O–H groups in total. The summed E-state index contributed by atoms with van der Waals surface area (Å²) < 4.78 is 0. The number of rotatable bonds is 2. The molecule has 0 aromatic heterocycles. The number of hydrogen-bond donors (Lipinski definition) is 2. The fourth-order valence-corrected chi connectivity index (χ4v) is 2.39. The van der Waals surface area contributed by atoms with Crippen molar-refractivity contribution in [3.63, 3.8) is 0 Å². The van der Waals surface area contributed by atoms with Crippen LogP contribution >= 0.6 is 23.2 Å².